The molecule has 0 saturated heterocycles. The van der Waals surface area contributed by atoms with Crippen LogP contribution < -0.4 is 5.32 Å². The molecule has 3 rings (SSSR count). The Labute approximate surface area is 115 Å². The average Bonchev–Trinajstić information content (AvgIpc) is 2.93. The molecule has 0 unspecified atom stereocenters. The summed E-state index contributed by atoms with van der Waals surface area (Å²) in [7, 11) is 1.36. The summed E-state index contributed by atoms with van der Waals surface area (Å²) >= 11 is 0. The Hall–Kier alpha value is -2.70. The number of rotatable bonds is 2. The minimum Gasteiger partial charge on any atom is -0.466 e. The monoisotopic (exact) mass is 271 g/mol. The van der Waals surface area contributed by atoms with Gasteiger partial charge < -0.3 is 10.1 Å². The number of hydrogen-bond donors (Lipinski definition) is 1. The first kappa shape index (κ1) is 12.3. The number of fused-ring (bicyclic) bond motifs is 1. The van der Waals surface area contributed by atoms with E-state index in [2.05, 4.69) is 20.8 Å². The van der Waals surface area contributed by atoms with E-state index >= 15 is 0 Å². The number of anilines is 1. The molecule has 7 heteroatoms. The van der Waals surface area contributed by atoms with Crippen LogP contribution in [0.2, 0.25) is 0 Å². The molecule has 1 N–H and O–H groups in total. The number of nitrogens with one attached hydrogen (secondary N) is 1. The molecule has 0 spiro atoms. The normalized spacial score (nSPS) is 17.4. The topological polar surface area (TPSA) is 81.9 Å². The molecule has 0 radical (unpaired) electrons. The number of tetrazole rings is 1. The summed E-state index contributed by atoms with van der Waals surface area (Å²) in [6.07, 6.45) is 0. The second-order valence-electron chi connectivity index (χ2n) is 4.42. The molecule has 1 atom stereocenters. The lowest BCUT2D eigenvalue weighted by atomic mass is 9.96. The molecule has 1 aliphatic heterocycles. The summed E-state index contributed by atoms with van der Waals surface area (Å²) in [5, 5.41) is 14.5. The minimum absolute atomic E-state index is 0.394. The number of nitrogens with zero attached hydrogens (tertiary/aromatic N) is 4. The Morgan fingerprint density at radius 3 is 2.80 bits per heavy atom. The van der Waals surface area contributed by atoms with Gasteiger partial charge in [0, 0.05) is 5.70 Å². The van der Waals surface area contributed by atoms with E-state index in [1.807, 2.05) is 30.3 Å². The number of benzene rings is 1. The molecule has 20 heavy (non-hydrogen) atoms. The summed E-state index contributed by atoms with van der Waals surface area (Å²) in [6, 6.07) is 9.20. The van der Waals surface area contributed by atoms with Crippen molar-refractivity contribution < 1.29 is 9.53 Å². The predicted octanol–water partition coefficient (Wildman–Crippen LogP) is 1.13. The highest BCUT2D eigenvalue weighted by Crippen LogP contribution is 2.34. The molecule has 1 aromatic carbocycles. The Morgan fingerprint density at radius 1 is 1.35 bits per heavy atom. The highest BCUT2D eigenvalue weighted by atomic mass is 16.5. The van der Waals surface area contributed by atoms with Crippen molar-refractivity contribution in [2.24, 2.45) is 0 Å². The molecule has 7 nitrogen and oxygen atoms in total. The number of ether oxygens (including phenoxy) is 1. The molecular weight excluding hydrogens is 258 g/mol. The number of methoxy groups -OCH3 is 1. The first-order chi connectivity index (χ1) is 9.72. The standard InChI is InChI=1S/C13H13N5O2/c1-8-10(12(19)20-2)11(9-6-4-3-5-7-9)18-13(14-8)15-16-17-18/h3-7,11H,1-2H3,(H,14,15,17)/t11-/m1/s1. The van der Waals surface area contributed by atoms with Gasteiger partial charge in [0.25, 0.3) is 0 Å². The zero-order chi connectivity index (χ0) is 14.1. The van der Waals surface area contributed by atoms with E-state index in [4.69, 9.17) is 4.74 Å². The number of hydrogen-bond acceptors (Lipinski definition) is 6. The van der Waals surface area contributed by atoms with Crippen molar-refractivity contribution in [1.82, 2.24) is 20.2 Å². The fraction of sp³-hybridized carbons (Fsp3) is 0.231. The molecule has 0 amide bonds. The van der Waals surface area contributed by atoms with Gasteiger partial charge in [0.1, 0.15) is 6.04 Å². The Kier molecular flexibility index (Phi) is 2.94. The van der Waals surface area contributed by atoms with Crippen LogP contribution in [0.25, 0.3) is 0 Å². The van der Waals surface area contributed by atoms with Gasteiger partial charge in [-0.2, -0.15) is 4.68 Å². The lowest BCUT2D eigenvalue weighted by Gasteiger charge is -2.26. The SMILES string of the molecule is COC(=O)C1=C(C)Nc2nnnn2[C@@H]1c1ccccc1. The van der Waals surface area contributed by atoms with Crippen LogP contribution in [0.3, 0.4) is 0 Å². The van der Waals surface area contributed by atoms with Crippen molar-refractivity contribution in [3.05, 3.63) is 47.2 Å². The quantitative estimate of drug-likeness (QED) is 0.825. The molecule has 2 heterocycles. The van der Waals surface area contributed by atoms with Crippen molar-refractivity contribution >= 4 is 11.9 Å². The van der Waals surface area contributed by atoms with Gasteiger partial charge in [0.2, 0.25) is 5.95 Å². The molecular formula is C13H13N5O2. The molecule has 102 valence electrons. The molecule has 1 aliphatic rings. The zero-order valence-corrected chi connectivity index (χ0v) is 11.1. The van der Waals surface area contributed by atoms with Crippen LogP contribution in [0, 0.1) is 0 Å². The van der Waals surface area contributed by atoms with E-state index < -0.39 is 12.0 Å². The second-order valence-corrected chi connectivity index (χ2v) is 4.42. The summed E-state index contributed by atoms with van der Waals surface area (Å²) in [4.78, 5) is 12.1. The van der Waals surface area contributed by atoms with Gasteiger partial charge in [-0.3, -0.25) is 0 Å². The van der Waals surface area contributed by atoms with E-state index in [9.17, 15) is 4.79 Å². The summed E-state index contributed by atoms with van der Waals surface area (Å²) in [5.74, 6) is 0.106. The number of carbonyl (C=O) groups is 1. The number of allylic oxidation sites excluding steroid dienone is 1. The maximum Gasteiger partial charge on any atom is 0.338 e. The summed E-state index contributed by atoms with van der Waals surface area (Å²) in [6.45, 7) is 1.81. The Morgan fingerprint density at radius 2 is 2.10 bits per heavy atom. The van der Waals surface area contributed by atoms with Gasteiger partial charge in [0.05, 0.1) is 12.7 Å². The maximum atomic E-state index is 12.1. The smallest absolute Gasteiger partial charge is 0.338 e. The van der Waals surface area contributed by atoms with Crippen molar-refractivity contribution in [1.29, 1.82) is 0 Å². The fourth-order valence-corrected chi connectivity index (χ4v) is 2.33. The van der Waals surface area contributed by atoms with Crippen LogP contribution in [0.15, 0.2) is 41.6 Å². The predicted molar refractivity (Wildman–Crippen MR) is 70.7 cm³/mol. The number of esters is 1. The fourth-order valence-electron chi connectivity index (χ4n) is 2.33. The maximum absolute atomic E-state index is 12.1. The van der Waals surface area contributed by atoms with Crippen molar-refractivity contribution in [3.63, 3.8) is 0 Å². The largest absolute Gasteiger partial charge is 0.466 e. The Balaban J connectivity index is 2.19. The molecule has 1 aromatic heterocycles. The van der Waals surface area contributed by atoms with Gasteiger partial charge >= 0.3 is 5.97 Å². The van der Waals surface area contributed by atoms with Gasteiger partial charge in [-0.05, 0) is 22.9 Å². The van der Waals surface area contributed by atoms with E-state index in [0.29, 0.717) is 17.2 Å². The van der Waals surface area contributed by atoms with Crippen LogP contribution in [0.5, 0.6) is 0 Å². The third-order valence-electron chi connectivity index (χ3n) is 3.23. The van der Waals surface area contributed by atoms with Gasteiger partial charge in [-0.1, -0.05) is 35.4 Å². The third-order valence-corrected chi connectivity index (χ3v) is 3.23. The molecule has 0 saturated carbocycles. The van der Waals surface area contributed by atoms with Crippen molar-refractivity contribution in [2.75, 3.05) is 12.4 Å². The third kappa shape index (κ3) is 1.83. The highest BCUT2D eigenvalue weighted by Gasteiger charge is 2.34. The number of aromatic nitrogens is 4. The second kappa shape index (κ2) is 4.76. The van der Waals surface area contributed by atoms with E-state index in [0.717, 1.165) is 5.56 Å². The summed E-state index contributed by atoms with van der Waals surface area (Å²) < 4.78 is 6.46. The van der Waals surface area contributed by atoms with Crippen LogP contribution in [0.1, 0.15) is 18.5 Å². The zero-order valence-electron chi connectivity index (χ0n) is 11.1. The van der Waals surface area contributed by atoms with Crippen molar-refractivity contribution in [3.8, 4) is 0 Å². The van der Waals surface area contributed by atoms with Crippen LogP contribution in [-0.2, 0) is 9.53 Å². The minimum atomic E-state index is -0.398. The highest BCUT2D eigenvalue weighted by molar-refractivity contribution is 5.92. The van der Waals surface area contributed by atoms with Crippen LogP contribution in [-0.4, -0.2) is 33.3 Å². The van der Waals surface area contributed by atoms with Crippen LogP contribution >= 0.6 is 0 Å². The average molecular weight is 271 g/mol. The summed E-state index contributed by atoms with van der Waals surface area (Å²) in [5.41, 5.74) is 2.11. The molecule has 2 aromatic rings. The number of carbonyl (C=O) groups excluding carboxylic acids is 1. The lowest BCUT2D eigenvalue weighted by Crippen LogP contribution is -2.29. The van der Waals surface area contributed by atoms with Crippen LogP contribution in [0.4, 0.5) is 5.95 Å². The van der Waals surface area contributed by atoms with E-state index in [-0.39, 0.29) is 0 Å². The van der Waals surface area contributed by atoms with Gasteiger partial charge in [0.15, 0.2) is 0 Å². The van der Waals surface area contributed by atoms with Gasteiger partial charge in [-0.15, -0.1) is 0 Å². The van der Waals surface area contributed by atoms with Crippen molar-refractivity contribution in [2.45, 2.75) is 13.0 Å². The molecule has 0 bridgehead atoms. The molecule has 0 fully saturated rings. The lowest BCUT2D eigenvalue weighted by molar-refractivity contribution is -0.136. The molecule has 0 aliphatic carbocycles. The Bertz CT molecular complexity index is 677. The van der Waals surface area contributed by atoms with E-state index in [1.54, 1.807) is 11.6 Å². The first-order valence-corrected chi connectivity index (χ1v) is 6.11. The van der Waals surface area contributed by atoms with Gasteiger partial charge in [-0.25, -0.2) is 4.79 Å². The van der Waals surface area contributed by atoms with E-state index in [1.165, 1.54) is 7.11 Å². The first-order valence-electron chi connectivity index (χ1n) is 6.11.